The summed E-state index contributed by atoms with van der Waals surface area (Å²) in [5, 5.41) is 0. The Kier molecular flexibility index (Phi) is 2.98. The smallest absolute Gasteiger partial charge is 0.133 e. The number of hydrogen-bond acceptors (Lipinski definition) is 1. The van der Waals surface area contributed by atoms with Gasteiger partial charge in [-0.2, -0.15) is 0 Å². The van der Waals surface area contributed by atoms with Gasteiger partial charge in [-0.25, -0.2) is 0 Å². The van der Waals surface area contributed by atoms with E-state index in [9.17, 15) is 4.79 Å². The summed E-state index contributed by atoms with van der Waals surface area (Å²) in [5.41, 5.74) is 3.54. The summed E-state index contributed by atoms with van der Waals surface area (Å²) in [6.07, 6.45) is 5.34. The maximum absolute atomic E-state index is 11.7. The number of allylic oxidation sites excluding steroid dienone is 2. The van der Waals surface area contributed by atoms with E-state index in [4.69, 9.17) is 0 Å². The molecule has 3 atom stereocenters. The van der Waals surface area contributed by atoms with Crippen molar-refractivity contribution in [2.45, 2.75) is 59.8 Å². The molecule has 0 aliphatic heterocycles. The highest BCUT2D eigenvalue weighted by Gasteiger charge is 2.46. The number of hydrogen-bond donors (Lipinski definition) is 0. The van der Waals surface area contributed by atoms with Crippen molar-refractivity contribution in [2.24, 2.45) is 17.3 Å². The molecule has 0 N–H and O–H groups in total. The molecule has 0 radical (unpaired) electrons. The van der Waals surface area contributed by atoms with Gasteiger partial charge in [-0.3, -0.25) is 4.79 Å². The molecular weight excluding hydrogens is 196 g/mol. The Balaban J connectivity index is 2.26. The Morgan fingerprint density at radius 1 is 1.31 bits per heavy atom. The van der Waals surface area contributed by atoms with E-state index in [1.807, 2.05) is 0 Å². The van der Waals surface area contributed by atoms with Crippen molar-refractivity contribution in [3.63, 3.8) is 0 Å². The van der Waals surface area contributed by atoms with Gasteiger partial charge in [-0.15, -0.1) is 0 Å². The van der Waals surface area contributed by atoms with Crippen molar-refractivity contribution in [1.29, 1.82) is 0 Å². The molecule has 2 rings (SSSR count). The summed E-state index contributed by atoms with van der Waals surface area (Å²) in [6, 6.07) is 0. The second kappa shape index (κ2) is 4.01. The summed E-state index contributed by atoms with van der Waals surface area (Å²) in [6.45, 7) is 9.16. The molecule has 1 heteroatoms. The molecule has 16 heavy (non-hydrogen) atoms. The maximum atomic E-state index is 11.7. The highest BCUT2D eigenvalue weighted by Crippen LogP contribution is 2.54. The van der Waals surface area contributed by atoms with Gasteiger partial charge in [0, 0.05) is 12.8 Å². The Morgan fingerprint density at radius 2 is 2.00 bits per heavy atom. The quantitative estimate of drug-likeness (QED) is 0.561. The molecule has 90 valence electrons. The van der Waals surface area contributed by atoms with Crippen LogP contribution in [0.3, 0.4) is 0 Å². The molecule has 0 aromatic rings. The summed E-state index contributed by atoms with van der Waals surface area (Å²) in [4.78, 5) is 11.7. The van der Waals surface area contributed by atoms with Gasteiger partial charge in [0.2, 0.25) is 0 Å². The lowest BCUT2D eigenvalue weighted by molar-refractivity contribution is -0.128. The van der Waals surface area contributed by atoms with Crippen molar-refractivity contribution in [3.8, 4) is 0 Å². The topological polar surface area (TPSA) is 17.1 Å². The molecule has 2 fully saturated rings. The van der Waals surface area contributed by atoms with Gasteiger partial charge in [-0.05, 0) is 50.4 Å². The van der Waals surface area contributed by atoms with Crippen molar-refractivity contribution in [2.75, 3.05) is 0 Å². The molecule has 0 saturated heterocycles. The minimum Gasteiger partial charge on any atom is -0.300 e. The van der Waals surface area contributed by atoms with Crippen LogP contribution in [0.15, 0.2) is 11.1 Å². The summed E-state index contributed by atoms with van der Waals surface area (Å²) in [7, 11) is 0. The Hall–Kier alpha value is -0.590. The van der Waals surface area contributed by atoms with E-state index in [1.165, 1.54) is 24.8 Å². The average molecular weight is 220 g/mol. The first-order valence-corrected chi connectivity index (χ1v) is 6.60. The second-order valence-electron chi connectivity index (χ2n) is 6.37. The molecular formula is C15H24O. The van der Waals surface area contributed by atoms with Gasteiger partial charge >= 0.3 is 0 Å². The Bertz CT molecular complexity index is 335. The highest BCUT2D eigenvalue weighted by atomic mass is 16.1. The molecule has 0 aromatic carbocycles. The van der Waals surface area contributed by atoms with E-state index in [0.29, 0.717) is 23.0 Å². The average Bonchev–Trinajstić information content (AvgIpc) is 2.19. The van der Waals surface area contributed by atoms with Gasteiger partial charge < -0.3 is 0 Å². The van der Waals surface area contributed by atoms with Crippen molar-refractivity contribution >= 4 is 5.78 Å². The SMILES string of the molecule is CC(C)=C1CC[C@H]2CC(=O)C[C@@H](C)[C@]2(C)C1. The Morgan fingerprint density at radius 3 is 2.62 bits per heavy atom. The van der Waals surface area contributed by atoms with E-state index >= 15 is 0 Å². The van der Waals surface area contributed by atoms with Crippen LogP contribution in [0.1, 0.15) is 59.8 Å². The number of ketones is 1. The van der Waals surface area contributed by atoms with Crippen LogP contribution in [0.5, 0.6) is 0 Å². The fourth-order valence-corrected chi connectivity index (χ4v) is 3.64. The maximum Gasteiger partial charge on any atom is 0.133 e. The molecule has 1 nitrogen and oxygen atoms in total. The molecule has 0 aromatic heterocycles. The number of Topliss-reactive ketones (excluding diaryl/α,β-unsaturated/α-hetero) is 1. The predicted molar refractivity (Wildman–Crippen MR) is 67.2 cm³/mol. The van der Waals surface area contributed by atoms with E-state index in [0.717, 1.165) is 12.8 Å². The van der Waals surface area contributed by atoms with Crippen molar-refractivity contribution < 1.29 is 4.79 Å². The highest BCUT2D eigenvalue weighted by molar-refractivity contribution is 5.80. The number of rotatable bonds is 0. The number of carbonyl (C=O) groups excluding carboxylic acids is 1. The predicted octanol–water partition coefficient (Wildman–Crippen LogP) is 4.13. The fraction of sp³-hybridized carbons (Fsp3) is 0.800. The summed E-state index contributed by atoms with van der Waals surface area (Å²) < 4.78 is 0. The molecule has 0 heterocycles. The standard InChI is InChI=1S/C15H24O/c1-10(2)12-5-6-13-8-14(16)7-11(3)15(13,4)9-12/h11,13H,5-9H2,1-4H3/t11-,13+,15+/m1/s1. The zero-order valence-electron chi connectivity index (χ0n) is 11.1. The van der Waals surface area contributed by atoms with Crippen molar-refractivity contribution in [1.82, 2.24) is 0 Å². The normalized spacial score (nSPS) is 39.5. The molecule has 2 saturated carbocycles. The first-order chi connectivity index (χ1) is 7.43. The van der Waals surface area contributed by atoms with E-state index in [-0.39, 0.29) is 0 Å². The lowest BCUT2D eigenvalue weighted by atomic mass is 9.54. The van der Waals surface area contributed by atoms with Crippen LogP contribution in [0.25, 0.3) is 0 Å². The number of fused-ring (bicyclic) bond motifs is 1. The van der Waals surface area contributed by atoms with Crippen LogP contribution >= 0.6 is 0 Å². The number of carbonyl (C=O) groups is 1. The minimum atomic E-state index is 0.388. The van der Waals surface area contributed by atoms with E-state index < -0.39 is 0 Å². The van der Waals surface area contributed by atoms with Crippen LogP contribution in [-0.4, -0.2) is 5.78 Å². The molecule has 0 amide bonds. The van der Waals surface area contributed by atoms with Crippen molar-refractivity contribution in [3.05, 3.63) is 11.1 Å². The first-order valence-electron chi connectivity index (χ1n) is 6.60. The van der Waals surface area contributed by atoms with E-state index in [1.54, 1.807) is 5.57 Å². The third-order valence-corrected chi connectivity index (χ3v) is 5.16. The molecule has 0 bridgehead atoms. The minimum absolute atomic E-state index is 0.388. The summed E-state index contributed by atoms with van der Waals surface area (Å²) >= 11 is 0. The molecule has 2 aliphatic rings. The molecule has 0 unspecified atom stereocenters. The van der Waals surface area contributed by atoms with Crippen LogP contribution in [-0.2, 0) is 4.79 Å². The van der Waals surface area contributed by atoms with Gasteiger partial charge in [0.05, 0.1) is 0 Å². The van der Waals surface area contributed by atoms with Crippen LogP contribution in [0.4, 0.5) is 0 Å². The zero-order chi connectivity index (χ0) is 11.9. The van der Waals surface area contributed by atoms with Crippen LogP contribution in [0.2, 0.25) is 0 Å². The van der Waals surface area contributed by atoms with Crippen LogP contribution in [0, 0.1) is 17.3 Å². The Labute approximate surface area is 99.3 Å². The molecule has 2 aliphatic carbocycles. The monoisotopic (exact) mass is 220 g/mol. The van der Waals surface area contributed by atoms with Gasteiger partial charge in [0.15, 0.2) is 0 Å². The van der Waals surface area contributed by atoms with Gasteiger partial charge in [0.1, 0.15) is 5.78 Å². The van der Waals surface area contributed by atoms with E-state index in [2.05, 4.69) is 27.7 Å². The third kappa shape index (κ3) is 1.85. The fourth-order valence-electron chi connectivity index (χ4n) is 3.64. The molecule has 0 spiro atoms. The van der Waals surface area contributed by atoms with Gasteiger partial charge in [0.25, 0.3) is 0 Å². The largest absolute Gasteiger partial charge is 0.300 e. The van der Waals surface area contributed by atoms with Gasteiger partial charge in [-0.1, -0.05) is 25.0 Å². The lowest BCUT2D eigenvalue weighted by Crippen LogP contribution is -2.43. The summed E-state index contributed by atoms with van der Waals surface area (Å²) in [5.74, 6) is 1.70. The second-order valence-corrected chi connectivity index (χ2v) is 6.37. The zero-order valence-corrected chi connectivity index (χ0v) is 11.1. The third-order valence-electron chi connectivity index (χ3n) is 5.16. The lowest BCUT2D eigenvalue weighted by Gasteiger charge is -2.50. The first kappa shape index (κ1) is 11.9. The van der Waals surface area contributed by atoms with Crippen LogP contribution < -0.4 is 0 Å².